The van der Waals surface area contributed by atoms with E-state index in [1.54, 1.807) is 24.5 Å². The van der Waals surface area contributed by atoms with Crippen molar-refractivity contribution < 1.29 is 9.53 Å². The number of aromatic nitrogens is 1. The molecule has 3 rings (SSSR count). The van der Waals surface area contributed by atoms with E-state index in [4.69, 9.17) is 4.74 Å². The minimum Gasteiger partial charge on any atom is -0.376 e. The molecule has 96 valence electrons. The molecular weight excluding hydrogens is 228 g/mol. The first-order chi connectivity index (χ1) is 8.81. The molecule has 0 unspecified atom stereocenters. The summed E-state index contributed by atoms with van der Waals surface area (Å²) in [5, 5.41) is 0. The highest BCUT2D eigenvalue weighted by molar-refractivity contribution is 5.94. The molecule has 1 amide bonds. The summed E-state index contributed by atoms with van der Waals surface area (Å²) >= 11 is 0. The van der Waals surface area contributed by atoms with E-state index < -0.39 is 0 Å². The van der Waals surface area contributed by atoms with Gasteiger partial charge in [-0.05, 0) is 31.9 Å². The second kappa shape index (κ2) is 4.69. The standard InChI is InChI=1S/C14H18N2O2/c1-2-18-13-11-3-4-12(13)16(9-11)14(17)10-5-7-15-8-6-10/h5-8,11-13H,2-4,9H2,1H3/t11-,12+,13+/m0/s1. The van der Waals surface area contributed by atoms with Gasteiger partial charge in [0.15, 0.2) is 0 Å². The van der Waals surface area contributed by atoms with E-state index >= 15 is 0 Å². The fraction of sp³-hybridized carbons (Fsp3) is 0.571. The van der Waals surface area contributed by atoms with E-state index in [0.29, 0.717) is 5.92 Å². The second-order valence-corrected chi connectivity index (χ2v) is 5.02. The van der Waals surface area contributed by atoms with E-state index in [0.717, 1.165) is 25.1 Å². The van der Waals surface area contributed by atoms with Crippen LogP contribution in [0.4, 0.5) is 0 Å². The van der Waals surface area contributed by atoms with Gasteiger partial charge in [0.1, 0.15) is 0 Å². The third kappa shape index (κ3) is 1.81. The number of carbonyl (C=O) groups excluding carboxylic acids is 1. The zero-order valence-electron chi connectivity index (χ0n) is 10.6. The lowest BCUT2D eigenvalue weighted by Crippen LogP contribution is -2.39. The Balaban J connectivity index is 1.77. The van der Waals surface area contributed by atoms with E-state index in [1.807, 2.05) is 11.8 Å². The van der Waals surface area contributed by atoms with Gasteiger partial charge in [-0.1, -0.05) is 0 Å². The molecule has 2 aliphatic rings. The first kappa shape index (κ1) is 11.7. The highest BCUT2D eigenvalue weighted by Gasteiger charge is 2.49. The average molecular weight is 246 g/mol. The fourth-order valence-corrected chi connectivity index (χ4v) is 3.28. The van der Waals surface area contributed by atoms with Gasteiger partial charge < -0.3 is 9.64 Å². The lowest BCUT2D eigenvalue weighted by atomic mass is 10.1. The number of carbonyl (C=O) groups is 1. The number of piperidine rings is 1. The number of nitrogens with zero attached hydrogens (tertiary/aromatic N) is 2. The highest BCUT2D eigenvalue weighted by Crippen LogP contribution is 2.40. The van der Waals surface area contributed by atoms with Crippen molar-refractivity contribution in [2.75, 3.05) is 13.2 Å². The van der Waals surface area contributed by atoms with Crippen LogP contribution in [-0.2, 0) is 4.74 Å². The predicted molar refractivity (Wildman–Crippen MR) is 67.2 cm³/mol. The molecule has 18 heavy (non-hydrogen) atoms. The number of fused-ring (bicyclic) bond motifs is 2. The molecule has 0 N–H and O–H groups in total. The number of pyridine rings is 1. The third-order valence-corrected chi connectivity index (χ3v) is 4.06. The molecule has 4 nitrogen and oxygen atoms in total. The van der Waals surface area contributed by atoms with Crippen molar-refractivity contribution >= 4 is 5.91 Å². The normalized spacial score (nSPS) is 29.8. The van der Waals surface area contributed by atoms with Gasteiger partial charge in [-0.2, -0.15) is 0 Å². The van der Waals surface area contributed by atoms with Crippen LogP contribution >= 0.6 is 0 Å². The van der Waals surface area contributed by atoms with Crippen LogP contribution in [0.25, 0.3) is 0 Å². The Hall–Kier alpha value is -1.42. The molecule has 1 saturated heterocycles. The topological polar surface area (TPSA) is 42.4 Å². The summed E-state index contributed by atoms with van der Waals surface area (Å²) < 4.78 is 5.80. The molecule has 1 aliphatic carbocycles. The Kier molecular flexibility index (Phi) is 3.04. The van der Waals surface area contributed by atoms with Crippen LogP contribution in [0, 0.1) is 5.92 Å². The maximum atomic E-state index is 12.4. The Bertz CT molecular complexity index is 435. The smallest absolute Gasteiger partial charge is 0.254 e. The molecular formula is C14H18N2O2. The summed E-state index contributed by atoms with van der Waals surface area (Å²) in [6.45, 7) is 3.60. The van der Waals surface area contributed by atoms with Crippen molar-refractivity contribution in [3.8, 4) is 0 Å². The van der Waals surface area contributed by atoms with Gasteiger partial charge >= 0.3 is 0 Å². The van der Waals surface area contributed by atoms with Gasteiger partial charge in [0.25, 0.3) is 5.91 Å². The maximum absolute atomic E-state index is 12.4. The summed E-state index contributed by atoms with van der Waals surface area (Å²) in [6.07, 6.45) is 5.85. The molecule has 2 bridgehead atoms. The second-order valence-electron chi connectivity index (χ2n) is 5.02. The molecule has 0 spiro atoms. The summed E-state index contributed by atoms with van der Waals surface area (Å²) in [7, 11) is 0. The fourth-order valence-electron chi connectivity index (χ4n) is 3.28. The lowest BCUT2D eigenvalue weighted by Gasteiger charge is -2.27. The molecule has 0 radical (unpaired) electrons. The monoisotopic (exact) mass is 246 g/mol. The van der Waals surface area contributed by atoms with E-state index in [1.165, 1.54) is 6.42 Å². The largest absolute Gasteiger partial charge is 0.376 e. The summed E-state index contributed by atoms with van der Waals surface area (Å²) in [6, 6.07) is 3.84. The van der Waals surface area contributed by atoms with Gasteiger partial charge in [-0.25, -0.2) is 0 Å². The lowest BCUT2D eigenvalue weighted by molar-refractivity contribution is 0.0333. The first-order valence-corrected chi connectivity index (χ1v) is 6.64. The van der Waals surface area contributed by atoms with Crippen molar-refractivity contribution in [3.05, 3.63) is 30.1 Å². The number of hydrogen-bond donors (Lipinski definition) is 0. The van der Waals surface area contributed by atoms with Crippen molar-refractivity contribution in [1.29, 1.82) is 0 Å². The molecule has 0 aromatic carbocycles. The zero-order valence-corrected chi connectivity index (χ0v) is 10.6. The molecule has 1 saturated carbocycles. The van der Waals surface area contributed by atoms with Gasteiger partial charge in [0.05, 0.1) is 12.1 Å². The quantitative estimate of drug-likeness (QED) is 0.815. The van der Waals surface area contributed by atoms with Crippen molar-refractivity contribution in [2.24, 2.45) is 5.92 Å². The predicted octanol–water partition coefficient (Wildman–Crippen LogP) is 1.72. The number of amides is 1. The number of hydrogen-bond acceptors (Lipinski definition) is 3. The molecule has 1 aromatic heterocycles. The van der Waals surface area contributed by atoms with Crippen LogP contribution in [0.3, 0.4) is 0 Å². The Morgan fingerprint density at radius 1 is 1.44 bits per heavy atom. The zero-order chi connectivity index (χ0) is 12.5. The van der Waals surface area contributed by atoms with Gasteiger partial charge in [0, 0.05) is 37.0 Å². The van der Waals surface area contributed by atoms with Crippen LogP contribution in [0.1, 0.15) is 30.1 Å². The minimum absolute atomic E-state index is 0.120. The Morgan fingerprint density at radius 3 is 2.94 bits per heavy atom. The Morgan fingerprint density at radius 2 is 2.22 bits per heavy atom. The molecule has 2 heterocycles. The summed E-state index contributed by atoms with van der Waals surface area (Å²) in [5.74, 6) is 0.648. The minimum atomic E-state index is 0.120. The molecule has 3 atom stereocenters. The summed E-state index contributed by atoms with van der Waals surface area (Å²) in [4.78, 5) is 18.4. The first-order valence-electron chi connectivity index (χ1n) is 6.64. The highest BCUT2D eigenvalue weighted by atomic mass is 16.5. The van der Waals surface area contributed by atoms with Crippen molar-refractivity contribution in [2.45, 2.75) is 31.9 Å². The molecule has 1 aliphatic heterocycles. The van der Waals surface area contributed by atoms with Gasteiger partial charge in [-0.15, -0.1) is 0 Å². The molecule has 1 aromatic rings. The van der Waals surface area contributed by atoms with E-state index in [2.05, 4.69) is 4.98 Å². The van der Waals surface area contributed by atoms with Crippen LogP contribution in [0.5, 0.6) is 0 Å². The maximum Gasteiger partial charge on any atom is 0.254 e. The van der Waals surface area contributed by atoms with Crippen LogP contribution < -0.4 is 0 Å². The van der Waals surface area contributed by atoms with Gasteiger partial charge in [-0.3, -0.25) is 9.78 Å². The number of ether oxygens (including phenoxy) is 1. The van der Waals surface area contributed by atoms with Crippen molar-refractivity contribution in [3.63, 3.8) is 0 Å². The molecule has 4 heteroatoms. The number of rotatable bonds is 3. The van der Waals surface area contributed by atoms with Crippen LogP contribution in [0.2, 0.25) is 0 Å². The SMILES string of the molecule is CCO[C@@H]1[C@H]2CC[C@H]1N(C(=O)c1ccncc1)C2. The van der Waals surface area contributed by atoms with E-state index in [-0.39, 0.29) is 18.1 Å². The number of likely N-dealkylation sites (tertiary alicyclic amines) is 1. The van der Waals surface area contributed by atoms with Gasteiger partial charge in [0.2, 0.25) is 0 Å². The van der Waals surface area contributed by atoms with Crippen molar-refractivity contribution in [1.82, 2.24) is 9.88 Å². The van der Waals surface area contributed by atoms with Crippen LogP contribution in [-0.4, -0.2) is 41.1 Å². The average Bonchev–Trinajstić information content (AvgIpc) is 2.97. The summed E-state index contributed by atoms with van der Waals surface area (Å²) in [5.41, 5.74) is 0.729. The van der Waals surface area contributed by atoms with Crippen LogP contribution in [0.15, 0.2) is 24.5 Å². The third-order valence-electron chi connectivity index (χ3n) is 4.06. The Labute approximate surface area is 107 Å². The molecule has 2 fully saturated rings. The van der Waals surface area contributed by atoms with E-state index in [9.17, 15) is 4.79 Å².